The van der Waals surface area contributed by atoms with Crippen molar-refractivity contribution in [1.82, 2.24) is 14.1 Å². The molecular weight excluding hydrogens is 504 g/mol. The largest absolute Gasteiger partial charge is 0.497 e. The van der Waals surface area contributed by atoms with Crippen LogP contribution in [0.15, 0.2) is 41.3 Å². The van der Waals surface area contributed by atoms with Gasteiger partial charge in [-0.3, -0.25) is 9.48 Å². The van der Waals surface area contributed by atoms with E-state index in [-0.39, 0.29) is 31.2 Å². The number of rotatable bonds is 8. The fourth-order valence-electron chi connectivity index (χ4n) is 5.85. The van der Waals surface area contributed by atoms with Crippen molar-refractivity contribution in [3.8, 4) is 5.75 Å². The van der Waals surface area contributed by atoms with Crippen LogP contribution in [0.2, 0.25) is 0 Å². The van der Waals surface area contributed by atoms with Gasteiger partial charge in [0.2, 0.25) is 10.0 Å². The molecule has 1 N–H and O–H groups in total. The van der Waals surface area contributed by atoms with Crippen LogP contribution in [0.5, 0.6) is 5.75 Å². The van der Waals surface area contributed by atoms with Crippen LogP contribution in [0.25, 0.3) is 10.9 Å². The molecule has 11 heteroatoms. The van der Waals surface area contributed by atoms with Crippen molar-refractivity contribution in [2.75, 3.05) is 20.2 Å². The summed E-state index contributed by atoms with van der Waals surface area (Å²) in [5.74, 6) is -1.96. The molecule has 37 heavy (non-hydrogen) atoms. The minimum absolute atomic E-state index is 0.0188. The van der Waals surface area contributed by atoms with Gasteiger partial charge >= 0.3 is 5.97 Å². The molecule has 5 rings (SSSR count). The van der Waals surface area contributed by atoms with Crippen molar-refractivity contribution in [3.05, 3.63) is 53.7 Å². The summed E-state index contributed by atoms with van der Waals surface area (Å²) in [5.41, 5.74) is 0.720. The van der Waals surface area contributed by atoms with Crippen LogP contribution in [-0.4, -0.2) is 53.8 Å². The standard InChI is InChI=1S/C26H29F2N3O5S/c1-36-19-7-9-25(21(28)12-19)37(34,35)30-14-17(10-16-4-2-3-5-16)24(15-30)31-23-11-18(27)6-8-20(23)22(29-31)13-26(32)33/h6-9,11-12,16-17,24H,2-5,10,13-15H2,1H3,(H,32,33)/t17-,24+/m1/s1. The van der Waals surface area contributed by atoms with E-state index in [4.69, 9.17) is 4.74 Å². The summed E-state index contributed by atoms with van der Waals surface area (Å²) in [7, 11) is -2.81. The van der Waals surface area contributed by atoms with E-state index in [2.05, 4.69) is 5.10 Å². The SMILES string of the molecule is COc1ccc(S(=O)(=O)N2C[C@@H](CC3CCCC3)[C@@H](n3nc(CC(=O)O)c4ccc(F)cc43)C2)c(F)c1. The number of hydrogen-bond acceptors (Lipinski definition) is 5. The molecule has 0 radical (unpaired) electrons. The number of carboxylic acids is 1. The van der Waals surface area contributed by atoms with E-state index >= 15 is 0 Å². The van der Waals surface area contributed by atoms with Gasteiger partial charge in [-0.05, 0) is 48.6 Å². The number of carboxylic acid groups (broad SMARTS) is 1. The van der Waals surface area contributed by atoms with Crippen LogP contribution in [-0.2, 0) is 21.2 Å². The molecule has 0 bridgehead atoms. The Kier molecular flexibility index (Phi) is 6.93. The fraction of sp³-hybridized carbons (Fsp3) is 0.462. The van der Waals surface area contributed by atoms with E-state index in [0.29, 0.717) is 22.5 Å². The first-order chi connectivity index (χ1) is 17.7. The molecule has 1 aliphatic carbocycles. The molecule has 1 aliphatic heterocycles. The number of carbonyl (C=O) groups is 1. The quantitative estimate of drug-likeness (QED) is 0.461. The maximum Gasteiger partial charge on any atom is 0.309 e. The van der Waals surface area contributed by atoms with Crippen LogP contribution in [0, 0.1) is 23.5 Å². The van der Waals surface area contributed by atoms with Gasteiger partial charge in [0.1, 0.15) is 22.3 Å². The average Bonchev–Trinajstić information content (AvgIpc) is 3.58. The average molecular weight is 534 g/mol. The van der Waals surface area contributed by atoms with Gasteiger partial charge in [-0.25, -0.2) is 17.2 Å². The molecule has 1 saturated heterocycles. The third kappa shape index (κ3) is 4.94. The molecule has 2 fully saturated rings. The first-order valence-electron chi connectivity index (χ1n) is 12.4. The first kappa shape index (κ1) is 25.6. The number of nitrogens with zero attached hydrogens (tertiary/aromatic N) is 3. The van der Waals surface area contributed by atoms with Crippen LogP contribution >= 0.6 is 0 Å². The summed E-state index contributed by atoms with van der Waals surface area (Å²) < 4.78 is 64.1. The zero-order chi connectivity index (χ0) is 26.3. The highest BCUT2D eigenvalue weighted by Crippen LogP contribution is 2.41. The zero-order valence-electron chi connectivity index (χ0n) is 20.4. The Morgan fingerprint density at radius 3 is 2.57 bits per heavy atom. The molecule has 0 unspecified atom stereocenters. The monoisotopic (exact) mass is 533 g/mol. The number of halogens is 2. The number of aliphatic carboxylic acids is 1. The Morgan fingerprint density at radius 2 is 1.89 bits per heavy atom. The van der Waals surface area contributed by atoms with Gasteiger partial charge in [0.05, 0.1) is 30.8 Å². The number of fused-ring (bicyclic) bond motifs is 1. The third-order valence-electron chi connectivity index (χ3n) is 7.62. The molecule has 0 amide bonds. The Hall–Kier alpha value is -3.05. The number of aromatic nitrogens is 2. The van der Waals surface area contributed by atoms with E-state index in [0.717, 1.165) is 38.2 Å². The molecule has 2 aliphatic rings. The van der Waals surface area contributed by atoms with Crippen molar-refractivity contribution in [1.29, 1.82) is 0 Å². The molecular formula is C26H29F2N3O5S. The van der Waals surface area contributed by atoms with Crippen LogP contribution in [0.3, 0.4) is 0 Å². The van der Waals surface area contributed by atoms with Gasteiger partial charge in [-0.15, -0.1) is 0 Å². The van der Waals surface area contributed by atoms with Gasteiger partial charge in [0.15, 0.2) is 0 Å². The van der Waals surface area contributed by atoms with E-state index in [1.807, 2.05) is 0 Å². The summed E-state index contributed by atoms with van der Waals surface area (Å²) in [6.07, 6.45) is 4.78. The minimum Gasteiger partial charge on any atom is -0.497 e. The summed E-state index contributed by atoms with van der Waals surface area (Å²) in [6.45, 7) is 0.185. The van der Waals surface area contributed by atoms with Gasteiger partial charge in [-0.2, -0.15) is 9.40 Å². The van der Waals surface area contributed by atoms with E-state index in [1.54, 1.807) is 4.68 Å². The van der Waals surface area contributed by atoms with Crippen molar-refractivity contribution in [3.63, 3.8) is 0 Å². The molecule has 2 aromatic carbocycles. The summed E-state index contributed by atoms with van der Waals surface area (Å²) in [4.78, 5) is 11.0. The number of ether oxygens (including phenoxy) is 1. The highest BCUT2D eigenvalue weighted by atomic mass is 32.2. The molecule has 2 atom stereocenters. The lowest BCUT2D eigenvalue weighted by Gasteiger charge is -2.22. The van der Waals surface area contributed by atoms with E-state index < -0.39 is 38.6 Å². The number of sulfonamides is 1. The molecule has 1 saturated carbocycles. The lowest BCUT2D eigenvalue weighted by molar-refractivity contribution is -0.136. The Labute approximate surface area is 213 Å². The molecule has 8 nitrogen and oxygen atoms in total. The number of hydrogen-bond donors (Lipinski definition) is 1. The normalized spacial score (nSPS) is 21.2. The third-order valence-corrected chi connectivity index (χ3v) is 9.48. The Morgan fingerprint density at radius 1 is 1.14 bits per heavy atom. The zero-order valence-corrected chi connectivity index (χ0v) is 21.3. The highest BCUT2D eigenvalue weighted by molar-refractivity contribution is 7.89. The number of benzene rings is 2. The maximum absolute atomic E-state index is 14.8. The second-order valence-corrected chi connectivity index (χ2v) is 11.9. The highest BCUT2D eigenvalue weighted by Gasteiger charge is 2.43. The number of methoxy groups -OCH3 is 1. The van der Waals surface area contributed by atoms with Crippen molar-refractivity contribution in [2.24, 2.45) is 11.8 Å². The molecule has 3 aromatic rings. The Balaban J connectivity index is 1.55. The fourth-order valence-corrected chi connectivity index (χ4v) is 7.41. The van der Waals surface area contributed by atoms with Crippen LogP contribution < -0.4 is 4.74 Å². The van der Waals surface area contributed by atoms with Gasteiger partial charge in [0.25, 0.3) is 0 Å². The minimum atomic E-state index is -4.18. The lowest BCUT2D eigenvalue weighted by Crippen LogP contribution is -2.30. The van der Waals surface area contributed by atoms with Crippen LogP contribution in [0.4, 0.5) is 8.78 Å². The molecule has 198 valence electrons. The van der Waals surface area contributed by atoms with Crippen molar-refractivity contribution in [2.45, 2.75) is 49.5 Å². The predicted molar refractivity (Wildman–Crippen MR) is 132 cm³/mol. The van der Waals surface area contributed by atoms with Crippen LogP contribution in [0.1, 0.15) is 43.8 Å². The molecule has 0 spiro atoms. The molecule has 1 aromatic heterocycles. The van der Waals surface area contributed by atoms with Crippen molar-refractivity contribution >= 4 is 26.9 Å². The maximum atomic E-state index is 14.8. The lowest BCUT2D eigenvalue weighted by atomic mass is 9.90. The second kappa shape index (κ2) is 10.0. The topological polar surface area (TPSA) is 102 Å². The van der Waals surface area contributed by atoms with Gasteiger partial charge in [-0.1, -0.05) is 25.7 Å². The Bertz CT molecular complexity index is 1440. The summed E-state index contributed by atoms with van der Waals surface area (Å²) >= 11 is 0. The second-order valence-electron chi connectivity index (χ2n) is 9.96. The smallest absolute Gasteiger partial charge is 0.309 e. The summed E-state index contributed by atoms with van der Waals surface area (Å²) in [6, 6.07) is 7.26. The van der Waals surface area contributed by atoms with Gasteiger partial charge in [0, 0.05) is 24.5 Å². The van der Waals surface area contributed by atoms with Crippen molar-refractivity contribution < 1.29 is 31.8 Å². The van der Waals surface area contributed by atoms with E-state index in [1.165, 1.54) is 41.7 Å². The summed E-state index contributed by atoms with van der Waals surface area (Å²) in [5, 5.41) is 14.5. The van der Waals surface area contributed by atoms with Gasteiger partial charge < -0.3 is 9.84 Å². The first-order valence-corrected chi connectivity index (χ1v) is 13.8. The van der Waals surface area contributed by atoms with E-state index in [9.17, 15) is 27.1 Å². The predicted octanol–water partition coefficient (Wildman–Crippen LogP) is 4.39. The molecule has 2 heterocycles.